The van der Waals surface area contributed by atoms with Crippen LogP contribution in [0.25, 0.3) is 11.3 Å². The van der Waals surface area contributed by atoms with Crippen LogP contribution in [0.1, 0.15) is 22.8 Å². The SMILES string of the molecule is COc1cccc(-c2nn(Cc3ccccc3)cc2C(=O)N2CCOC(C)C2)c1. The van der Waals surface area contributed by atoms with E-state index in [-0.39, 0.29) is 12.0 Å². The van der Waals surface area contributed by atoms with Crippen molar-refractivity contribution in [3.8, 4) is 17.0 Å². The van der Waals surface area contributed by atoms with E-state index in [0.29, 0.717) is 37.5 Å². The topological polar surface area (TPSA) is 56.6 Å². The molecular formula is C23H25N3O3. The molecule has 1 aromatic heterocycles. The van der Waals surface area contributed by atoms with Gasteiger partial charge in [-0.25, -0.2) is 0 Å². The number of aromatic nitrogens is 2. The predicted octanol–water partition coefficient (Wildman–Crippen LogP) is 3.47. The van der Waals surface area contributed by atoms with Crippen LogP contribution in [-0.2, 0) is 11.3 Å². The molecule has 1 amide bonds. The lowest BCUT2D eigenvalue weighted by molar-refractivity contribution is -0.0123. The lowest BCUT2D eigenvalue weighted by atomic mass is 10.1. The molecule has 0 spiro atoms. The van der Waals surface area contributed by atoms with E-state index < -0.39 is 0 Å². The fourth-order valence-corrected chi connectivity index (χ4v) is 3.59. The number of hydrogen-bond donors (Lipinski definition) is 0. The summed E-state index contributed by atoms with van der Waals surface area (Å²) in [6, 6.07) is 17.8. The maximum atomic E-state index is 13.3. The highest BCUT2D eigenvalue weighted by molar-refractivity contribution is 6.00. The van der Waals surface area contributed by atoms with Crippen LogP contribution in [0.15, 0.2) is 60.8 Å². The number of rotatable bonds is 5. The molecule has 6 heteroatoms. The Bertz CT molecular complexity index is 984. The Kier molecular flexibility index (Phi) is 5.62. The Labute approximate surface area is 170 Å². The molecule has 2 heterocycles. The largest absolute Gasteiger partial charge is 0.497 e. The molecule has 0 N–H and O–H groups in total. The Morgan fingerprint density at radius 3 is 2.79 bits per heavy atom. The van der Waals surface area contributed by atoms with Gasteiger partial charge in [-0.3, -0.25) is 9.48 Å². The maximum absolute atomic E-state index is 13.3. The van der Waals surface area contributed by atoms with Crippen molar-refractivity contribution in [2.45, 2.75) is 19.6 Å². The Morgan fingerprint density at radius 1 is 1.21 bits per heavy atom. The van der Waals surface area contributed by atoms with E-state index in [1.807, 2.05) is 65.2 Å². The summed E-state index contributed by atoms with van der Waals surface area (Å²) >= 11 is 0. The molecule has 1 aliphatic heterocycles. The minimum absolute atomic E-state index is 0.0164. The van der Waals surface area contributed by atoms with Crippen LogP contribution in [0, 0.1) is 0 Å². The van der Waals surface area contributed by atoms with E-state index >= 15 is 0 Å². The third-order valence-electron chi connectivity index (χ3n) is 5.05. The molecule has 2 aromatic carbocycles. The number of carbonyl (C=O) groups is 1. The van der Waals surface area contributed by atoms with E-state index in [0.717, 1.165) is 16.9 Å². The van der Waals surface area contributed by atoms with Gasteiger partial charge in [-0.15, -0.1) is 0 Å². The van der Waals surface area contributed by atoms with E-state index in [4.69, 9.17) is 14.6 Å². The summed E-state index contributed by atoms with van der Waals surface area (Å²) in [6.07, 6.45) is 1.89. The van der Waals surface area contributed by atoms with E-state index in [1.165, 1.54) is 0 Å². The summed E-state index contributed by atoms with van der Waals surface area (Å²) in [6.45, 7) is 4.32. The summed E-state index contributed by atoms with van der Waals surface area (Å²) in [7, 11) is 1.63. The molecule has 0 aliphatic carbocycles. The third kappa shape index (κ3) is 4.32. The molecule has 1 saturated heterocycles. The minimum Gasteiger partial charge on any atom is -0.497 e. The van der Waals surface area contributed by atoms with Gasteiger partial charge in [-0.1, -0.05) is 42.5 Å². The van der Waals surface area contributed by atoms with Gasteiger partial charge in [0.2, 0.25) is 0 Å². The predicted molar refractivity (Wildman–Crippen MR) is 111 cm³/mol. The summed E-state index contributed by atoms with van der Waals surface area (Å²) < 4.78 is 12.8. The first kappa shape index (κ1) is 19.2. The van der Waals surface area contributed by atoms with Gasteiger partial charge in [0.15, 0.2) is 0 Å². The zero-order valence-electron chi connectivity index (χ0n) is 16.7. The molecule has 1 aliphatic rings. The summed E-state index contributed by atoms with van der Waals surface area (Å²) in [4.78, 5) is 15.2. The Balaban J connectivity index is 1.71. The smallest absolute Gasteiger partial charge is 0.257 e. The number of benzene rings is 2. The van der Waals surface area contributed by atoms with Crippen molar-refractivity contribution >= 4 is 5.91 Å². The normalized spacial score (nSPS) is 16.6. The molecular weight excluding hydrogens is 366 g/mol. The van der Waals surface area contributed by atoms with Crippen LogP contribution in [0.3, 0.4) is 0 Å². The van der Waals surface area contributed by atoms with Crippen molar-refractivity contribution in [2.24, 2.45) is 0 Å². The molecule has 0 saturated carbocycles. The first-order chi connectivity index (χ1) is 14.1. The van der Waals surface area contributed by atoms with Gasteiger partial charge >= 0.3 is 0 Å². The number of carbonyl (C=O) groups excluding carboxylic acids is 1. The second-order valence-electron chi connectivity index (χ2n) is 7.24. The third-order valence-corrected chi connectivity index (χ3v) is 5.05. The zero-order chi connectivity index (χ0) is 20.2. The minimum atomic E-state index is -0.0164. The molecule has 150 valence electrons. The van der Waals surface area contributed by atoms with Gasteiger partial charge in [-0.2, -0.15) is 5.10 Å². The van der Waals surface area contributed by atoms with Crippen LogP contribution in [-0.4, -0.2) is 53.5 Å². The monoisotopic (exact) mass is 391 g/mol. The molecule has 1 unspecified atom stereocenters. The summed E-state index contributed by atoms with van der Waals surface area (Å²) in [5.74, 6) is 0.718. The molecule has 6 nitrogen and oxygen atoms in total. The first-order valence-corrected chi connectivity index (χ1v) is 9.80. The number of morpholine rings is 1. The fourth-order valence-electron chi connectivity index (χ4n) is 3.59. The van der Waals surface area contributed by atoms with Crippen molar-refractivity contribution in [3.05, 3.63) is 71.9 Å². The zero-order valence-corrected chi connectivity index (χ0v) is 16.7. The van der Waals surface area contributed by atoms with Crippen LogP contribution in [0.2, 0.25) is 0 Å². The van der Waals surface area contributed by atoms with Gasteiger partial charge in [0.25, 0.3) is 5.91 Å². The van der Waals surface area contributed by atoms with Crippen molar-refractivity contribution in [1.29, 1.82) is 0 Å². The molecule has 29 heavy (non-hydrogen) atoms. The average molecular weight is 391 g/mol. The number of methoxy groups -OCH3 is 1. The second-order valence-corrected chi connectivity index (χ2v) is 7.24. The average Bonchev–Trinajstić information content (AvgIpc) is 3.17. The highest BCUT2D eigenvalue weighted by Gasteiger charge is 2.27. The molecule has 3 aromatic rings. The lowest BCUT2D eigenvalue weighted by Gasteiger charge is -2.31. The molecule has 0 radical (unpaired) electrons. The maximum Gasteiger partial charge on any atom is 0.257 e. The van der Waals surface area contributed by atoms with Crippen molar-refractivity contribution in [2.75, 3.05) is 26.8 Å². The standard InChI is InChI=1S/C23H25N3O3/c1-17-14-25(11-12-29-17)23(27)21-16-26(15-18-7-4-3-5-8-18)24-22(21)19-9-6-10-20(13-19)28-2/h3-10,13,16-17H,11-12,14-15H2,1-2H3. The van der Waals surface area contributed by atoms with E-state index in [1.54, 1.807) is 7.11 Å². The van der Waals surface area contributed by atoms with Crippen molar-refractivity contribution < 1.29 is 14.3 Å². The first-order valence-electron chi connectivity index (χ1n) is 9.80. The van der Waals surface area contributed by atoms with Gasteiger partial charge in [0, 0.05) is 24.8 Å². The molecule has 1 atom stereocenters. The number of ether oxygens (including phenoxy) is 2. The number of nitrogens with zero attached hydrogens (tertiary/aromatic N) is 3. The van der Waals surface area contributed by atoms with Crippen molar-refractivity contribution in [1.82, 2.24) is 14.7 Å². The molecule has 1 fully saturated rings. The van der Waals surface area contributed by atoms with Crippen LogP contribution < -0.4 is 4.74 Å². The summed E-state index contributed by atoms with van der Waals surface area (Å²) in [5.41, 5.74) is 3.26. The highest BCUT2D eigenvalue weighted by atomic mass is 16.5. The summed E-state index contributed by atoms with van der Waals surface area (Å²) in [5, 5.41) is 4.77. The fraction of sp³-hybridized carbons (Fsp3) is 0.304. The number of amides is 1. The van der Waals surface area contributed by atoms with E-state index in [2.05, 4.69) is 12.1 Å². The van der Waals surface area contributed by atoms with Gasteiger partial charge in [-0.05, 0) is 24.6 Å². The second kappa shape index (κ2) is 8.49. The quantitative estimate of drug-likeness (QED) is 0.668. The van der Waals surface area contributed by atoms with Gasteiger partial charge < -0.3 is 14.4 Å². The van der Waals surface area contributed by atoms with Crippen molar-refractivity contribution in [3.63, 3.8) is 0 Å². The van der Waals surface area contributed by atoms with E-state index in [9.17, 15) is 4.79 Å². The number of hydrogen-bond acceptors (Lipinski definition) is 4. The van der Waals surface area contributed by atoms with Crippen LogP contribution in [0.4, 0.5) is 0 Å². The Morgan fingerprint density at radius 2 is 2.03 bits per heavy atom. The highest BCUT2D eigenvalue weighted by Crippen LogP contribution is 2.27. The lowest BCUT2D eigenvalue weighted by Crippen LogP contribution is -2.44. The van der Waals surface area contributed by atoms with Gasteiger partial charge in [0.1, 0.15) is 11.4 Å². The van der Waals surface area contributed by atoms with Crippen LogP contribution >= 0.6 is 0 Å². The molecule has 0 bridgehead atoms. The van der Waals surface area contributed by atoms with Crippen LogP contribution in [0.5, 0.6) is 5.75 Å². The Hall–Kier alpha value is -3.12. The van der Waals surface area contributed by atoms with Gasteiger partial charge in [0.05, 0.1) is 31.9 Å². The molecule has 4 rings (SSSR count).